The van der Waals surface area contributed by atoms with Crippen molar-refractivity contribution >= 4 is 29.2 Å². The summed E-state index contributed by atoms with van der Waals surface area (Å²) in [5.74, 6) is -1.33. The van der Waals surface area contributed by atoms with Crippen LogP contribution in [-0.2, 0) is 14.3 Å². The molecular formula is C20H17N3O4. The summed E-state index contributed by atoms with van der Waals surface area (Å²) in [4.78, 5) is 37.7. The van der Waals surface area contributed by atoms with Crippen molar-refractivity contribution in [3.05, 3.63) is 59.7 Å². The van der Waals surface area contributed by atoms with Gasteiger partial charge in [-0.05, 0) is 48.5 Å². The Morgan fingerprint density at radius 2 is 1.81 bits per heavy atom. The van der Waals surface area contributed by atoms with Gasteiger partial charge >= 0.3 is 5.97 Å². The smallest absolute Gasteiger partial charge is 0.337 e. The summed E-state index contributed by atoms with van der Waals surface area (Å²) in [6.07, 6.45) is 0.117. The fourth-order valence-electron chi connectivity index (χ4n) is 2.90. The number of hydrogen-bond donors (Lipinski definition) is 1. The van der Waals surface area contributed by atoms with Gasteiger partial charge in [-0.3, -0.25) is 9.59 Å². The maximum atomic E-state index is 12.5. The minimum absolute atomic E-state index is 0.117. The van der Waals surface area contributed by atoms with Gasteiger partial charge in [-0.2, -0.15) is 5.26 Å². The topological polar surface area (TPSA) is 99.5 Å². The monoisotopic (exact) mass is 363 g/mol. The molecule has 1 atom stereocenters. The molecule has 1 heterocycles. The van der Waals surface area contributed by atoms with Gasteiger partial charge in [-0.25, -0.2) is 4.79 Å². The molecule has 0 aliphatic carbocycles. The van der Waals surface area contributed by atoms with Crippen LogP contribution in [0.15, 0.2) is 48.5 Å². The lowest BCUT2D eigenvalue weighted by molar-refractivity contribution is -0.122. The Balaban J connectivity index is 1.65. The van der Waals surface area contributed by atoms with E-state index in [4.69, 9.17) is 5.26 Å². The first-order valence-corrected chi connectivity index (χ1v) is 8.31. The van der Waals surface area contributed by atoms with Crippen LogP contribution in [-0.4, -0.2) is 31.4 Å². The Bertz CT molecular complexity index is 914. The Morgan fingerprint density at radius 1 is 1.15 bits per heavy atom. The van der Waals surface area contributed by atoms with Gasteiger partial charge < -0.3 is 15.0 Å². The molecule has 7 heteroatoms. The lowest BCUT2D eigenvalue weighted by Gasteiger charge is -2.16. The predicted molar refractivity (Wildman–Crippen MR) is 98.0 cm³/mol. The first-order valence-electron chi connectivity index (χ1n) is 8.31. The molecule has 1 aliphatic rings. The van der Waals surface area contributed by atoms with E-state index in [9.17, 15) is 14.4 Å². The van der Waals surface area contributed by atoms with Crippen LogP contribution >= 0.6 is 0 Å². The van der Waals surface area contributed by atoms with E-state index in [0.717, 1.165) is 0 Å². The molecule has 1 N–H and O–H groups in total. The Labute approximate surface area is 156 Å². The zero-order chi connectivity index (χ0) is 19.4. The Hall–Kier alpha value is -3.66. The predicted octanol–water partition coefficient (Wildman–Crippen LogP) is 2.34. The van der Waals surface area contributed by atoms with E-state index < -0.39 is 11.9 Å². The SMILES string of the molecule is COC(=O)c1ccc(NC(=O)C2CC(=O)N(c3ccc(C#N)cc3)C2)cc1. The number of esters is 1. The number of anilines is 2. The van der Waals surface area contributed by atoms with E-state index in [1.807, 2.05) is 6.07 Å². The van der Waals surface area contributed by atoms with Crippen LogP contribution in [0.1, 0.15) is 22.3 Å². The fraction of sp³-hybridized carbons (Fsp3) is 0.200. The number of carbonyl (C=O) groups excluding carboxylic acids is 3. The van der Waals surface area contributed by atoms with Crippen molar-refractivity contribution in [2.45, 2.75) is 6.42 Å². The third-order valence-electron chi connectivity index (χ3n) is 4.38. The first-order chi connectivity index (χ1) is 13.0. The maximum Gasteiger partial charge on any atom is 0.337 e. The van der Waals surface area contributed by atoms with Gasteiger partial charge in [0.2, 0.25) is 11.8 Å². The molecule has 1 fully saturated rings. The van der Waals surface area contributed by atoms with Gasteiger partial charge in [0.25, 0.3) is 0 Å². The second-order valence-electron chi connectivity index (χ2n) is 6.12. The molecular weight excluding hydrogens is 346 g/mol. The highest BCUT2D eigenvalue weighted by Crippen LogP contribution is 2.26. The van der Waals surface area contributed by atoms with Crippen LogP contribution in [0.4, 0.5) is 11.4 Å². The molecule has 2 aromatic rings. The van der Waals surface area contributed by atoms with Crippen molar-refractivity contribution in [3.63, 3.8) is 0 Å². The number of nitriles is 1. The zero-order valence-electron chi connectivity index (χ0n) is 14.6. The maximum absolute atomic E-state index is 12.5. The van der Waals surface area contributed by atoms with Crippen molar-refractivity contribution in [2.75, 3.05) is 23.9 Å². The van der Waals surface area contributed by atoms with Crippen LogP contribution in [0, 0.1) is 17.2 Å². The quantitative estimate of drug-likeness (QED) is 0.841. The van der Waals surface area contributed by atoms with Crippen molar-refractivity contribution in [3.8, 4) is 6.07 Å². The molecule has 3 rings (SSSR count). The van der Waals surface area contributed by atoms with Crippen molar-refractivity contribution in [2.24, 2.45) is 5.92 Å². The third kappa shape index (κ3) is 3.96. The van der Waals surface area contributed by atoms with Crippen LogP contribution in [0.25, 0.3) is 0 Å². The molecule has 2 amide bonds. The lowest BCUT2D eigenvalue weighted by atomic mass is 10.1. The molecule has 0 saturated carbocycles. The first kappa shape index (κ1) is 18.1. The number of nitrogens with one attached hydrogen (secondary N) is 1. The molecule has 0 spiro atoms. The van der Waals surface area contributed by atoms with E-state index in [0.29, 0.717) is 22.5 Å². The van der Waals surface area contributed by atoms with Gasteiger partial charge in [-0.1, -0.05) is 0 Å². The largest absolute Gasteiger partial charge is 0.465 e. The summed E-state index contributed by atoms with van der Waals surface area (Å²) in [7, 11) is 1.30. The normalized spacial score (nSPS) is 15.9. The van der Waals surface area contributed by atoms with Crippen LogP contribution in [0.3, 0.4) is 0 Å². The summed E-state index contributed by atoms with van der Waals surface area (Å²) in [5, 5.41) is 11.6. The highest BCUT2D eigenvalue weighted by atomic mass is 16.5. The fourth-order valence-corrected chi connectivity index (χ4v) is 2.90. The summed E-state index contributed by atoms with van der Waals surface area (Å²) in [6, 6.07) is 15.0. The van der Waals surface area contributed by atoms with Crippen LogP contribution in [0.2, 0.25) is 0 Å². The molecule has 0 radical (unpaired) electrons. The highest BCUT2D eigenvalue weighted by Gasteiger charge is 2.35. The van der Waals surface area contributed by atoms with Gasteiger partial charge in [0.1, 0.15) is 0 Å². The highest BCUT2D eigenvalue weighted by molar-refractivity contribution is 6.03. The number of benzene rings is 2. The number of rotatable bonds is 4. The Kier molecular flexibility index (Phi) is 5.18. The average Bonchev–Trinajstić information content (AvgIpc) is 3.10. The average molecular weight is 363 g/mol. The molecule has 2 aromatic carbocycles. The van der Waals surface area contributed by atoms with Gasteiger partial charge in [-0.15, -0.1) is 0 Å². The minimum Gasteiger partial charge on any atom is -0.465 e. The lowest BCUT2D eigenvalue weighted by Crippen LogP contribution is -2.28. The van der Waals surface area contributed by atoms with Crippen molar-refractivity contribution in [1.82, 2.24) is 0 Å². The molecule has 7 nitrogen and oxygen atoms in total. The van der Waals surface area contributed by atoms with Crippen LogP contribution in [0.5, 0.6) is 0 Å². The summed E-state index contributed by atoms with van der Waals surface area (Å²) < 4.78 is 4.63. The molecule has 136 valence electrons. The number of nitrogens with zero attached hydrogens (tertiary/aromatic N) is 2. The van der Waals surface area contributed by atoms with Crippen LogP contribution < -0.4 is 10.2 Å². The minimum atomic E-state index is -0.478. The molecule has 1 saturated heterocycles. The van der Waals surface area contributed by atoms with E-state index in [1.54, 1.807) is 53.4 Å². The number of hydrogen-bond acceptors (Lipinski definition) is 5. The molecule has 1 unspecified atom stereocenters. The number of amides is 2. The van der Waals surface area contributed by atoms with E-state index in [1.165, 1.54) is 7.11 Å². The summed E-state index contributed by atoms with van der Waals surface area (Å²) in [6.45, 7) is 0.275. The van der Waals surface area contributed by atoms with Gasteiger partial charge in [0.15, 0.2) is 0 Å². The zero-order valence-corrected chi connectivity index (χ0v) is 14.6. The molecule has 1 aliphatic heterocycles. The second kappa shape index (κ2) is 7.70. The van der Waals surface area contributed by atoms with E-state index in [2.05, 4.69) is 10.1 Å². The number of carbonyl (C=O) groups is 3. The van der Waals surface area contributed by atoms with Gasteiger partial charge in [0, 0.05) is 24.3 Å². The standard InChI is InChI=1S/C20H17N3O4/c1-27-20(26)14-4-6-16(7-5-14)22-19(25)15-10-18(24)23(12-15)17-8-2-13(11-21)3-9-17/h2-9,15H,10,12H2,1H3,(H,22,25). The third-order valence-corrected chi connectivity index (χ3v) is 4.38. The second-order valence-corrected chi connectivity index (χ2v) is 6.12. The molecule has 0 aromatic heterocycles. The van der Waals surface area contributed by atoms with E-state index >= 15 is 0 Å². The summed E-state index contributed by atoms with van der Waals surface area (Å²) >= 11 is 0. The summed E-state index contributed by atoms with van der Waals surface area (Å²) in [5.41, 5.74) is 2.10. The number of ether oxygens (including phenoxy) is 1. The van der Waals surface area contributed by atoms with E-state index in [-0.39, 0.29) is 24.8 Å². The van der Waals surface area contributed by atoms with Crippen molar-refractivity contribution in [1.29, 1.82) is 5.26 Å². The molecule has 27 heavy (non-hydrogen) atoms. The molecule has 0 bridgehead atoms. The Morgan fingerprint density at radius 3 is 2.41 bits per heavy atom. The number of methoxy groups -OCH3 is 1. The van der Waals surface area contributed by atoms with Gasteiger partial charge in [0.05, 0.1) is 30.2 Å². The van der Waals surface area contributed by atoms with Crippen molar-refractivity contribution < 1.29 is 19.1 Å².